The van der Waals surface area contributed by atoms with Gasteiger partial charge < -0.3 is 24.2 Å². The largest absolute Gasteiger partial charge is 0.484 e. The summed E-state index contributed by atoms with van der Waals surface area (Å²) in [4.78, 5) is 17.9. The Balaban J connectivity index is 1.52. The van der Waals surface area contributed by atoms with Crippen molar-refractivity contribution in [1.82, 2.24) is 9.88 Å². The quantitative estimate of drug-likeness (QED) is 0.855. The molecule has 0 radical (unpaired) electrons. The number of nitrogens with zero attached hydrogens (tertiary/aromatic N) is 2. The first-order valence-corrected chi connectivity index (χ1v) is 8.06. The van der Waals surface area contributed by atoms with Gasteiger partial charge in [-0.1, -0.05) is 6.07 Å². The van der Waals surface area contributed by atoms with Gasteiger partial charge in [-0.05, 0) is 30.3 Å². The molecule has 2 heterocycles. The van der Waals surface area contributed by atoms with E-state index in [9.17, 15) is 9.90 Å². The summed E-state index contributed by atoms with van der Waals surface area (Å²) in [5.41, 5.74) is 0. The summed E-state index contributed by atoms with van der Waals surface area (Å²) in [7, 11) is 0. The van der Waals surface area contributed by atoms with Gasteiger partial charge in [-0.3, -0.25) is 4.79 Å². The van der Waals surface area contributed by atoms with Crippen LogP contribution < -0.4 is 9.47 Å². The van der Waals surface area contributed by atoms with Crippen molar-refractivity contribution in [2.75, 3.05) is 33.0 Å². The van der Waals surface area contributed by atoms with Crippen LogP contribution in [0.5, 0.6) is 17.4 Å². The predicted molar refractivity (Wildman–Crippen MR) is 89.7 cm³/mol. The van der Waals surface area contributed by atoms with E-state index in [1.807, 2.05) is 12.1 Å². The Morgan fingerprint density at radius 3 is 2.76 bits per heavy atom. The molecule has 1 aliphatic rings. The molecule has 7 nitrogen and oxygen atoms in total. The van der Waals surface area contributed by atoms with Crippen LogP contribution in [0.25, 0.3) is 0 Å². The highest BCUT2D eigenvalue weighted by molar-refractivity contribution is 5.78. The average Bonchev–Trinajstić information content (AvgIpc) is 2.68. The Morgan fingerprint density at radius 2 is 2.04 bits per heavy atom. The maximum Gasteiger partial charge on any atom is 0.260 e. The van der Waals surface area contributed by atoms with Crippen LogP contribution in [0.3, 0.4) is 0 Å². The number of amides is 1. The van der Waals surface area contributed by atoms with Gasteiger partial charge in [0, 0.05) is 18.8 Å². The second-order valence-electron chi connectivity index (χ2n) is 5.53. The lowest BCUT2D eigenvalue weighted by atomic mass is 10.2. The van der Waals surface area contributed by atoms with Crippen LogP contribution in [0.2, 0.25) is 0 Å². The standard InChI is InChI=1S/C18H20N2O5/c21-11-14-12-23-10-9-20(14)18(22)13-24-15-4-6-16(7-5-15)25-17-3-1-2-8-19-17/h1-8,14,21H,9-13H2/t14-/m1/s1. The number of aliphatic hydroxyl groups is 1. The molecule has 0 saturated carbocycles. The molecule has 0 spiro atoms. The third kappa shape index (κ3) is 4.68. The van der Waals surface area contributed by atoms with E-state index >= 15 is 0 Å². The Labute approximate surface area is 145 Å². The van der Waals surface area contributed by atoms with Crippen LogP contribution in [-0.2, 0) is 9.53 Å². The van der Waals surface area contributed by atoms with E-state index in [0.29, 0.717) is 37.1 Å². The summed E-state index contributed by atoms with van der Waals surface area (Å²) in [6, 6.07) is 12.1. The third-order valence-corrected chi connectivity index (χ3v) is 3.80. The molecule has 0 bridgehead atoms. The molecule has 3 rings (SSSR count). The highest BCUT2D eigenvalue weighted by atomic mass is 16.5. The Hall–Kier alpha value is -2.64. The van der Waals surface area contributed by atoms with Gasteiger partial charge in [0.15, 0.2) is 6.61 Å². The van der Waals surface area contributed by atoms with Gasteiger partial charge in [-0.2, -0.15) is 0 Å². The molecule has 25 heavy (non-hydrogen) atoms. The maximum atomic E-state index is 12.3. The molecule has 1 atom stereocenters. The van der Waals surface area contributed by atoms with E-state index in [-0.39, 0.29) is 25.2 Å². The zero-order valence-corrected chi connectivity index (χ0v) is 13.7. The monoisotopic (exact) mass is 344 g/mol. The maximum absolute atomic E-state index is 12.3. The molecule has 132 valence electrons. The summed E-state index contributed by atoms with van der Waals surface area (Å²) in [5, 5.41) is 9.31. The van der Waals surface area contributed by atoms with Gasteiger partial charge in [-0.25, -0.2) is 4.98 Å². The average molecular weight is 344 g/mol. The highest BCUT2D eigenvalue weighted by Gasteiger charge is 2.26. The van der Waals surface area contributed by atoms with E-state index in [0.717, 1.165) is 0 Å². The summed E-state index contributed by atoms with van der Waals surface area (Å²) in [5.74, 6) is 1.53. The van der Waals surface area contributed by atoms with Crippen molar-refractivity contribution in [2.45, 2.75) is 6.04 Å². The van der Waals surface area contributed by atoms with Crippen LogP contribution in [0.15, 0.2) is 48.7 Å². The number of benzene rings is 1. The van der Waals surface area contributed by atoms with Crippen LogP contribution in [0.4, 0.5) is 0 Å². The van der Waals surface area contributed by atoms with Crippen molar-refractivity contribution < 1.29 is 24.1 Å². The van der Waals surface area contributed by atoms with Crippen molar-refractivity contribution in [2.24, 2.45) is 0 Å². The van der Waals surface area contributed by atoms with Crippen molar-refractivity contribution in [3.05, 3.63) is 48.7 Å². The number of pyridine rings is 1. The molecule has 1 saturated heterocycles. The van der Waals surface area contributed by atoms with Crippen molar-refractivity contribution >= 4 is 5.91 Å². The first-order chi connectivity index (χ1) is 12.3. The summed E-state index contributed by atoms with van der Waals surface area (Å²) < 4.78 is 16.4. The highest BCUT2D eigenvalue weighted by Crippen LogP contribution is 2.22. The third-order valence-electron chi connectivity index (χ3n) is 3.80. The normalized spacial score (nSPS) is 17.2. The van der Waals surface area contributed by atoms with E-state index in [1.165, 1.54) is 0 Å². The molecular weight excluding hydrogens is 324 g/mol. The number of hydrogen-bond donors (Lipinski definition) is 1. The molecule has 1 N–H and O–H groups in total. The molecule has 1 fully saturated rings. The van der Waals surface area contributed by atoms with Gasteiger partial charge in [0.05, 0.1) is 25.9 Å². The summed E-state index contributed by atoms with van der Waals surface area (Å²) >= 11 is 0. The zero-order valence-electron chi connectivity index (χ0n) is 13.7. The van der Waals surface area contributed by atoms with Crippen molar-refractivity contribution in [3.8, 4) is 17.4 Å². The Bertz CT molecular complexity index is 678. The minimum absolute atomic E-state index is 0.0864. The predicted octanol–water partition coefficient (Wildman–Crippen LogP) is 1.47. The second-order valence-corrected chi connectivity index (χ2v) is 5.53. The van der Waals surface area contributed by atoms with E-state index in [4.69, 9.17) is 14.2 Å². The molecule has 2 aromatic rings. The van der Waals surface area contributed by atoms with Crippen LogP contribution in [-0.4, -0.2) is 59.9 Å². The van der Waals surface area contributed by atoms with Crippen molar-refractivity contribution in [1.29, 1.82) is 0 Å². The second kappa shape index (κ2) is 8.46. The van der Waals surface area contributed by atoms with Gasteiger partial charge in [0.25, 0.3) is 5.91 Å². The smallest absolute Gasteiger partial charge is 0.260 e. The Kier molecular flexibility index (Phi) is 5.81. The topological polar surface area (TPSA) is 81.1 Å². The minimum atomic E-state index is -0.306. The lowest BCUT2D eigenvalue weighted by Gasteiger charge is -2.34. The van der Waals surface area contributed by atoms with Gasteiger partial charge >= 0.3 is 0 Å². The number of ether oxygens (including phenoxy) is 3. The minimum Gasteiger partial charge on any atom is -0.484 e. The molecule has 7 heteroatoms. The molecule has 1 aromatic heterocycles. The van der Waals surface area contributed by atoms with Crippen LogP contribution >= 0.6 is 0 Å². The number of rotatable bonds is 6. The number of carbonyl (C=O) groups is 1. The molecule has 1 aromatic carbocycles. The number of aliphatic hydroxyl groups excluding tert-OH is 1. The fourth-order valence-corrected chi connectivity index (χ4v) is 2.49. The van der Waals surface area contributed by atoms with Gasteiger partial charge in [-0.15, -0.1) is 0 Å². The lowest BCUT2D eigenvalue weighted by Crippen LogP contribution is -2.51. The summed E-state index contributed by atoms with van der Waals surface area (Å²) in [6.45, 7) is 1.08. The molecule has 1 amide bonds. The van der Waals surface area contributed by atoms with E-state index < -0.39 is 0 Å². The Morgan fingerprint density at radius 1 is 1.24 bits per heavy atom. The number of aromatic nitrogens is 1. The van der Waals surface area contributed by atoms with E-state index in [2.05, 4.69) is 4.98 Å². The molecule has 0 unspecified atom stereocenters. The van der Waals surface area contributed by atoms with Crippen LogP contribution in [0.1, 0.15) is 0 Å². The number of carbonyl (C=O) groups excluding carboxylic acids is 1. The molecular formula is C18H20N2O5. The number of morpholine rings is 1. The van der Waals surface area contributed by atoms with Crippen LogP contribution in [0, 0.1) is 0 Å². The molecule has 0 aliphatic carbocycles. The first-order valence-electron chi connectivity index (χ1n) is 8.06. The zero-order chi connectivity index (χ0) is 17.5. The van der Waals surface area contributed by atoms with Gasteiger partial charge in [0.2, 0.25) is 5.88 Å². The SMILES string of the molecule is O=C(COc1ccc(Oc2ccccn2)cc1)N1CCOC[C@H]1CO. The fraction of sp³-hybridized carbons (Fsp3) is 0.333. The lowest BCUT2D eigenvalue weighted by molar-refractivity contribution is -0.143. The van der Waals surface area contributed by atoms with E-state index in [1.54, 1.807) is 41.4 Å². The summed E-state index contributed by atoms with van der Waals surface area (Å²) in [6.07, 6.45) is 1.66. The van der Waals surface area contributed by atoms with Crippen molar-refractivity contribution in [3.63, 3.8) is 0 Å². The van der Waals surface area contributed by atoms with Gasteiger partial charge in [0.1, 0.15) is 11.5 Å². The number of hydrogen-bond acceptors (Lipinski definition) is 6. The fourth-order valence-electron chi connectivity index (χ4n) is 2.49. The molecule has 1 aliphatic heterocycles. The first kappa shape index (κ1) is 17.2.